The first-order chi connectivity index (χ1) is 13.8. The van der Waals surface area contributed by atoms with Crippen LogP contribution in [0.5, 0.6) is 0 Å². The second-order valence-electron chi connectivity index (χ2n) is 7.76. The summed E-state index contributed by atoms with van der Waals surface area (Å²) in [6.07, 6.45) is 0. The van der Waals surface area contributed by atoms with E-state index in [4.69, 9.17) is 0 Å². The van der Waals surface area contributed by atoms with Gasteiger partial charge in [-0.3, -0.25) is 4.79 Å². The summed E-state index contributed by atoms with van der Waals surface area (Å²) in [4.78, 5) is 12.3. The van der Waals surface area contributed by atoms with Gasteiger partial charge in [-0.05, 0) is 35.1 Å². The maximum absolute atomic E-state index is 12.3. The number of hydrogen-bond acceptors (Lipinski definition) is 4. The summed E-state index contributed by atoms with van der Waals surface area (Å²) >= 11 is 1.38. The molecule has 0 radical (unpaired) electrons. The summed E-state index contributed by atoms with van der Waals surface area (Å²) in [6, 6.07) is 16.4. The van der Waals surface area contributed by atoms with E-state index in [0.29, 0.717) is 11.8 Å². The van der Waals surface area contributed by atoms with Crippen LogP contribution in [0.1, 0.15) is 50.7 Å². The van der Waals surface area contributed by atoms with E-state index in [1.807, 2.05) is 35.9 Å². The van der Waals surface area contributed by atoms with Crippen LogP contribution in [-0.2, 0) is 11.8 Å². The Labute approximate surface area is 176 Å². The fourth-order valence-corrected chi connectivity index (χ4v) is 3.70. The number of carbonyl (C=O) groups excluding carboxylic acids is 1. The molecule has 0 spiro atoms. The monoisotopic (exact) mass is 408 g/mol. The number of aromatic nitrogens is 3. The number of nitrogens with one attached hydrogen (secondary N) is 1. The van der Waals surface area contributed by atoms with Gasteiger partial charge in [-0.25, -0.2) is 0 Å². The topological polar surface area (TPSA) is 59.8 Å². The first-order valence-corrected chi connectivity index (χ1v) is 10.9. The summed E-state index contributed by atoms with van der Waals surface area (Å²) in [5.74, 6) is 1.99. The number of amides is 1. The molecule has 3 rings (SSSR count). The second kappa shape index (κ2) is 9.27. The van der Waals surface area contributed by atoms with E-state index in [1.165, 1.54) is 22.9 Å². The third-order valence-electron chi connectivity index (χ3n) is 4.86. The maximum atomic E-state index is 12.3. The van der Waals surface area contributed by atoms with E-state index in [9.17, 15) is 4.79 Å². The zero-order valence-corrected chi connectivity index (χ0v) is 18.5. The Morgan fingerprint density at radius 1 is 0.931 bits per heavy atom. The average molecular weight is 409 g/mol. The molecule has 3 aromatic rings. The lowest BCUT2D eigenvalue weighted by Gasteiger charge is -2.09. The van der Waals surface area contributed by atoms with Gasteiger partial charge in [-0.1, -0.05) is 75.9 Å². The lowest BCUT2D eigenvalue weighted by molar-refractivity contribution is -0.113. The van der Waals surface area contributed by atoms with E-state index < -0.39 is 0 Å². The Morgan fingerprint density at radius 3 is 2.03 bits per heavy atom. The summed E-state index contributed by atoms with van der Waals surface area (Å²) in [6.45, 7) is 8.65. The molecule has 29 heavy (non-hydrogen) atoms. The van der Waals surface area contributed by atoms with Crippen molar-refractivity contribution < 1.29 is 4.79 Å². The minimum atomic E-state index is -0.0573. The number of anilines is 1. The SMILES string of the molecule is CC(C)c1ccc(NC(=O)CSc2nnc(-c3ccc(C(C)C)cc3)n2C)cc1. The van der Waals surface area contributed by atoms with Crippen LogP contribution in [0.25, 0.3) is 11.4 Å². The molecular weight excluding hydrogens is 380 g/mol. The molecule has 0 aliphatic carbocycles. The zero-order valence-electron chi connectivity index (χ0n) is 17.6. The van der Waals surface area contributed by atoms with Crippen LogP contribution in [0.3, 0.4) is 0 Å². The number of nitrogens with zero attached hydrogens (tertiary/aromatic N) is 3. The largest absolute Gasteiger partial charge is 0.325 e. The van der Waals surface area contributed by atoms with Crippen molar-refractivity contribution in [2.24, 2.45) is 7.05 Å². The van der Waals surface area contributed by atoms with Gasteiger partial charge in [0.05, 0.1) is 5.75 Å². The van der Waals surface area contributed by atoms with Gasteiger partial charge in [-0.2, -0.15) is 0 Å². The lowest BCUT2D eigenvalue weighted by atomic mass is 10.0. The van der Waals surface area contributed by atoms with Crippen molar-refractivity contribution in [1.82, 2.24) is 14.8 Å². The number of carbonyl (C=O) groups is 1. The molecule has 0 fully saturated rings. The van der Waals surface area contributed by atoms with Crippen molar-refractivity contribution >= 4 is 23.4 Å². The standard InChI is InChI=1S/C23H28N4OS/c1-15(2)17-6-8-19(9-7-17)22-25-26-23(27(22)5)29-14-21(28)24-20-12-10-18(11-13-20)16(3)4/h6-13,15-16H,14H2,1-5H3,(H,24,28). The molecule has 1 amide bonds. The molecule has 5 nitrogen and oxygen atoms in total. The molecule has 0 saturated heterocycles. The molecule has 1 N–H and O–H groups in total. The van der Waals surface area contributed by atoms with Gasteiger partial charge < -0.3 is 9.88 Å². The minimum Gasteiger partial charge on any atom is -0.325 e. The van der Waals surface area contributed by atoms with Gasteiger partial charge in [-0.15, -0.1) is 10.2 Å². The van der Waals surface area contributed by atoms with Crippen molar-refractivity contribution in [1.29, 1.82) is 0 Å². The molecule has 0 unspecified atom stereocenters. The highest BCUT2D eigenvalue weighted by Gasteiger charge is 2.13. The molecular formula is C23H28N4OS. The quantitative estimate of drug-likeness (QED) is 0.527. The highest BCUT2D eigenvalue weighted by molar-refractivity contribution is 7.99. The van der Waals surface area contributed by atoms with Gasteiger partial charge >= 0.3 is 0 Å². The van der Waals surface area contributed by atoms with E-state index in [2.05, 4.69) is 67.5 Å². The van der Waals surface area contributed by atoms with E-state index in [-0.39, 0.29) is 11.7 Å². The van der Waals surface area contributed by atoms with Crippen molar-refractivity contribution in [3.8, 4) is 11.4 Å². The summed E-state index contributed by atoms with van der Waals surface area (Å²) < 4.78 is 1.93. The first kappa shape index (κ1) is 21.1. The normalized spacial score (nSPS) is 11.3. The Balaban J connectivity index is 1.60. The number of thioether (sulfide) groups is 1. The van der Waals surface area contributed by atoms with E-state index in [0.717, 1.165) is 22.2 Å². The van der Waals surface area contributed by atoms with Crippen LogP contribution in [0.2, 0.25) is 0 Å². The predicted molar refractivity (Wildman–Crippen MR) is 120 cm³/mol. The summed E-state index contributed by atoms with van der Waals surface area (Å²) in [5.41, 5.74) is 4.38. The van der Waals surface area contributed by atoms with Crippen molar-refractivity contribution in [2.45, 2.75) is 44.7 Å². The van der Waals surface area contributed by atoms with Crippen molar-refractivity contribution in [3.63, 3.8) is 0 Å². The Bertz CT molecular complexity index is 960. The zero-order chi connectivity index (χ0) is 21.0. The Morgan fingerprint density at radius 2 is 1.48 bits per heavy atom. The Kier molecular flexibility index (Phi) is 6.75. The summed E-state index contributed by atoms with van der Waals surface area (Å²) in [7, 11) is 1.93. The molecule has 6 heteroatoms. The minimum absolute atomic E-state index is 0.0573. The number of hydrogen-bond donors (Lipinski definition) is 1. The van der Waals surface area contributed by atoms with Gasteiger partial charge in [0.1, 0.15) is 0 Å². The van der Waals surface area contributed by atoms with Gasteiger partial charge in [0, 0.05) is 18.3 Å². The van der Waals surface area contributed by atoms with Crippen LogP contribution >= 0.6 is 11.8 Å². The van der Waals surface area contributed by atoms with Crippen LogP contribution in [0.15, 0.2) is 53.7 Å². The van der Waals surface area contributed by atoms with Gasteiger partial charge in [0.25, 0.3) is 0 Å². The first-order valence-electron chi connectivity index (χ1n) is 9.87. The second-order valence-corrected chi connectivity index (χ2v) is 8.70. The van der Waals surface area contributed by atoms with Gasteiger partial charge in [0.15, 0.2) is 11.0 Å². The van der Waals surface area contributed by atoms with Crippen LogP contribution < -0.4 is 5.32 Å². The van der Waals surface area contributed by atoms with E-state index >= 15 is 0 Å². The van der Waals surface area contributed by atoms with Gasteiger partial charge in [0.2, 0.25) is 5.91 Å². The predicted octanol–water partition coefficient (Wildman–Crippen LogP) is 5.46. The fraction of sp³-hybridized carbons (Fsp3) is 0.348. The fourth-order valence-electron chi connectivity index (χ4n) is 2.99. The third-order valence-corrected chi connectivity index (χ3v) is 5.88. The van der Waals surface area contributed by atoms with Crippen LogP contribution in [-0.4, -0.2) is 26.4 Å². The molecule has 0 aliphatic heterocycles. The van der Waals surface area contributed by atoms with Crippen molar-refractivity contribution in [3.05, 3.63) is 59.7 Å². The maximum Gasteiger partial charge on any atom is 0.234 e. The smallest absolute Gasteiger partial charge is 0.234 e. The molecule has 0 bridgehead atoms. The Hall–Kier alpha value is -2.60. The molecule has 0 saturated carbocycles. The molecule has 152 valence electrons. The van der Waals surface area contributed by atoms with E-state index in [1.54, 1.807) is 0 Å². The molecule has 2 aromatic carbocycles. The number of rotatable bonds is 7. The van der Waals surface area contributed by atoms with Crippen LogP contribution in [0.4, 0.5) is 5.69 Å². The van der Waals surface area contributed by atoms with Crippen molar-refractivity contribution in [2.75, 3.05) is 11.1 Å². The molecule has 0 aliphatic rings. The highest BCUT2D eigenvalue weighted by Crippen LogP contribution is 2.25. The summed E-state index contributed by atoms with van der Waals surface area (Å²) in [5, 5.41) is 12.2. The van der Waals surface area contributed by atoms with Crippen LogP contribution in [0, 0.1) is 0 Å². The highest BCUT2D eigenvalue weighted by atomic mass is 32.2. The average Bonchev–Trinajstić information content (AvgIpc) is 3.07. The molecule has 1 heterocycles. The molecule has 1 aromatic heterocycles. The lowest BCUT2D eigenvalue weighted by Crippen LogP contribution is -2.14. The number of benzene rings is 2. The molecule has 0 atom stereocenters. The third kappa shape index (κ3) is 5.26.